The highest BCUT2D eigenvalue weighted by Crippen LogP contribution is 2.27. The van der Waals surface area contributed by atoms with Gasteiger partial charge in [-0.1, -0.05) is 13.8 Å². The molecule has 0 aliphatic carbocycles. The molecule has 0 spiro atoms. The lowest BCUT2D eigenvalue weighted by Crippen LogP contribution is -2.13. The minimum absolute atomic E-state index is 0.317. The lowest BCUT2D eigenvalue weighted by molar-refractivity contribution is 0.0555. The van der Waals surface area contributed by atoms with E-state index in [0.717, 1.165) is 11.4 Å². The van der Waals surface area contributed by atoms with E-state index in [9.17, 15) is 9.59 Å². The van der Waals surface area contributed by atoms with Gasteiger partial charge in [-0.15, -0.1) is 0 Å². The van der Waals surface area contributed by atoms with Crippen molar-refractivity contribution in [2.75, 3.05) is 14.2 Å². The van der Waals surface area contributed by atoms with E-state index in [1.165, 1.54) is 14.2 Å². The van der Waals surface area contributed by atoms with E-state index in [1.807, 2.05) is 18.4 Å². The Morgan fingerprint density at radius 2 is 1.60 bits per heavy atom. The van der Waals surface area contributed by atoms with Crippen molar-refractivity contribution in [1.82, 2.24) is 4.57 Å². The molecule has 1 rings (SSSR count). The van der Waals surface area contributed by atoms with E-state index < -0.39 is 11.9 Å². The topological polar surface area (TPSA) is 57.5 Å². The molecule has 0 bridgehead atoms. The molecule has 112 valence electrons. The molecule has 0 fully saturated rings. The van der Waals surface area contributed by atoms with Crippen LogP contribution in [0.2, 0.25) is 0 Å². The minimum atomic E-state index is -0.500. The number of carbonyl (C=O) groups is 2. The van der Waals surface area contributed by atoms with E-state index in [4.69, 9.17) is 9.47 Å². The van der Waals surface area contributed by atoms with Gasteiger partial charge in [0.2, 0.25) is 0 Å². The van der Waals surface area contributed by atoms with Gasteiger partial charge in [0.25, 0.3) is 0 Å². The molecule has 0 amide bonds. The smallest absolute Gasteiger partial charge is 0.340 e. The van der Waals surface area contributed by atoms with Crippen molar-refractivity contribution in [3.05, 3.63) is 22.5 Å². The fourth-order valence-electron chi connectivity index (χ4n) is 2.50. The average molecular weight is 281 g/mol. The van der Waals surface area contributed by atoms with Crippen LogP contribution in [0.3, 0.4) is 0 Å². The molecule has 0 aromatic carbocycles. The first-order valence-electron chi connectivity index (χ1n) is 6.77. The van der Waals surface area contributed by atoms with E-state index in [2.05, 4.69) is 13.8 Å². The molecule has 0 N–H and O–H groups in total. The molecule has 0 unspecified atom stereocenters. The standard InChI is InChI=1S/C15H23NO4/c1-7-16-10(4)12(14(17)19-5)13(15(18)20-6)11(16)8-9(2)3/h9H,7-8H2,1-6H3. The Morgan fingerprint density at radius 1 is 1.10 bits per heavy atom. The molecule has 0 aliphatic heterocycles. The van der Waals surface area contributed by atoms with Gasteiger partial charge in [-0.3, -0.25) is 0 Å². The van der Waals surface area contributed by atoms with Gasteiger partial charge in [-0.2, -0.15) is 0 Å². The van der Waals surface area contributed by atoms with E-state index in [0.29, 0.717) is 30.0 Å². The molecule has 0 saturated carbocycles. The summed E-state index contributed by atoms with van der Waals surface area (Å²) < 4.78 is 11.6. The predicted molar refractivity (Wildman–Crippen MR) is 76.1 cm³/mol. The van der Waals surface area contributed by atoms with Crippen molar-refractivity contribution < 1.29 is 19.1 Å². The van der Waals surface area contributed by atoms with Crippen LogP contribution in [0.4, 0.5) is 0 Å². The molecule has 1 heterocycles. The largest absolute Gasteiger partial charge is 0.465 e. The Bertz CT molecular complexity index is 514. The molecule has 0 radical (unpaired) electrons. The van der Waals surface area contributed by atoms with Gasteiger partial charge in [0, 0.05) is 17.9 Å². The van der Waals surface area contributed by atoms with Gasteiger partial charge in [-0.25, -0.2) is 9.59 Å². The van der Waals surface area contributed by atoms with Crippen LogP contribution in [0.25, 0.3) is 0 Å². The van der Waals surface area contributed by atoms with Crippen LogP contribution < -0.4 is 0 Å². The number of hydrogen-bond donors (Lipinski definition) is 0. The Labute approximate surface area is 119 Å². The van der Waals surface area contributed by atoms with Crippen LogP contribution in [0.1, 0.15) is 52.9 Å². The van der Waals surface area contributed by atoms with Crippen LogP contribution >= 0.6 is 0 Å². The Hall–Kier alpha value is -1.78. The second-order valence-corrected chi connectivity index (χ2v) is 5.11. The summed E-state index contributed by atoms with van der Waals surface area (Å²) in [7, 11) is 2.63. The molecule has 5 nitrogen and oxygen atoms in total. The van der Waals surface area contributed by atoms with Crippen molar-refractivity contribution in [3.8, 4) is 0 Å². The summed E-state index contributed by atoms with van der Waals surface area (Å²) in [6, 6.07) is 0. The third kappa shape index (κ3) is 2.86. The van der Waals surface area contributed by atoms with E-state index in [1.54, 1.807) is 0 Å². The summed E-state index contributed by atoms with van der Waals surface area (Å²) in [5.41, 5.74) is 2.24. The van der Waals surface area contributed by atoms with E-state index in [-0.39, 0.29) is 0 Å². The summed E-state index contributed by atoms with van der Waals surface area (Å²) >= 11 is 0. The van der Waals surface area contributed by atoms with Gasteiger partial charge in [0.05, 0.1) is 25.3 Å². The summed E-state index contributed by atoms with van der Waals surface area (Å²) in [4.78, 5) is 24.1. The summed E-state index contributed by atoms with van der Waals surface area (Å²) in [6.07, 6.45) is 0.704. The molecule has 1 aromatic heterocycles. The van der Waals surface area contributed by atoms with Crippen molar-refractivity contribution in [3.63, 3.8) is 0 Å². The number of esters is 2. The summed E-state index contributed by atoms with van der Waals surface area (Å²) in [5, 5.41) is 0. The minimum Gasteiger partial charge on any atom is -0.465 e. The predicted octanol–water partition coefficient (Wildman–Crippen LogP) is 2.59. The zero-order chi connectivity index (χ0) is 15.4. The molecule has 1 aromatic rings. The maximum atomic E-state index is 12.1. The first-order valence-corrected chi connectivity index (χ1v) is 6.77. The third-order valence-electron chi connectivity index (χ3n) is 3.33. The number of aromatic nitrogens is 1. The van der Waals surface area contributed by atoms with Crippen molar-refractivity contribution >= 4 is 11.9 Å². The molecule has 0 saturated heterocycles. The highest BCUT2D eigenvalue weighted by molar-refractivity contribution is 6.05. The van der Waals surface area contributed by atoms with Crippen LogP contribution in [-0.4, -0.2) is 30.7 Å². The van der Waals surface area contributed by atoms with Gasteiger partial charge >= 0.3 is 11.9 Å². The fraction of sp³-hybridized carbons (Fsp3) is 0.600. The second kappa shape index (κ2) is 6.59. The van der Waals surface area contributed by atoms with Crippen LogP contribution in [0.5, 0.6) is 0 Å². The van der Waals surface area contributed by atoms with Crippen molar-refractivity contribution in [2.24, 2.45) is 5.92 Å². The lowest BCUT2D eigenvalue weighted by Gasteiger charge is -2.12. The van der Waals surface area contributed by atoms with Gasteiger partial charge in [0.1, 0.15) is 0 Å². The van der Waals surface area contributed by atoms with Gasteiger partial charge < -0.3 is 14.0 Å². The number of ether oxygens (including phenoxy) is 2. The first kappa shape index (κ1) is 16.3. The molecular formula is C15H23NO4. The quantitative estimate of drug-likeness (QED) is 0.778. The van der Waals surface area contributed by atoms with Crippen LogP contribution in [0.15, 0.2) is 0 Å². The highest BCUT2D eigenvalue weighted by Gasteiger charge is 2.30. The monoisotopic (exact) mass is 281 g/mol. The lowest BCUT2D eigenvalue weighted by atomic mass is 10.0. The molecule has 0 atom stereocenters. The third-order valence-corrected chi connectivity index (χ3v) is 3.33. The van der Waals surface area contributed by atoms with Gasteiger partial charge in [-0.05, 0) is 26.2 Å². The number of hydrogen-bond acceptors (Lipinski definition) is 4. The normalized spacial score (nSPS) is 10.8. The molecule has 5 heteroatoms. The van der Waals surface area contributed by atoms with Crippen molar-refractivity contribution in [1.29, 1.82) is 0 Å². The number of carbonyl (C=O) groups excluding carboxylic acids is 2. The highest BCUT2D eigenvalue weighted by atomic mass is 16.5. The molecule has 20 heavy (non-hydrogen) atoms. The first-order chi connectivity index (χ1) is 9.38. The Kier molecular flexibility index (Phi) is 5.36. The number of rotatable bonds is 5. The SMILES string of the molecule is CCn1c(C)c(C(=O)OC)c(C(=O)OC)c1CC(C)C. The zero-order valence-corrected chi connectivity index (χ0v) is 13.1. The molecule has 0 aliphatic rings. The number of methoxy groups -OCH3 is 2. The van der Waals surface area contributed by atoms with Crippen LogP contribution in [0, 0.1) is 12.8 Å². The fourth-order valence-corrected chi connectivity index (χ4v) is 2.50. The number of nitrogens with zero attached hydrogens (tertiary/aromatic N) is 1. The molecular weight excluding hydrogens is 258 g/mol. The average Bonchev–Trinajstić information content (AvgIpc) is 2.68. The maximum Gasteiger partial charge on any atom is 0.340 e. The maximum absolute atomic E-state index is 12.1. The summed E-state index contributed by atoms with van der Waals surface area (Å²) in [6.45, 7) is 8.64. The zero-order valence-electron chi connectivity index (χ0n) is 13.1. The summed E-state index contributed by atoms with van der Waals surface area (Å²) in [5.74, 6) is -0.625. The van der Waals surface area contributed by atoms with Crippen molar-refractivity contribution in [2.45, 2.75) is 40.7 Å². The van der Waals surface area contributed by atoms with E-state index >= 15 is 0 Å². The Balaban J connectivity index is 3.61. The Morgan fingerprint density at radius 3 is 2.00 bits per heavy atom. The second-order valence-electron chi connectivity index (χ2n) is 5.11. The van der Waals surface area contributed by atoms with Gasteiger partial charge in [0.15, 0.2) is 0 Å². The van der Waals surface area contributed by atoms with Crippen LogP contribution in [-0.2, 0) is 22.4 Å².